The fraction of sp³-hybridized carbons (Fsp3) is 0.929. The number of hydrogen-bond acceptors (Lipinski definition) is 4. The van der Waals surface area contributed by atoms with Crippen LogP contribution in [0.3, 0.4) is 0 Å². The molecule has 0 aromatic heterocycles. The first-order valence-electron chi connectivity index (χ1n) is 14.0. The number of carbonyl (C=O) groups excluding carboxylic acids is 2. The van der Waals surface area contributed by atoms with Gasteiger partial charge in [-0.1, -0.05) is 13.8 Å². The molecule has 0 aromatic rings. The summed E-state index contributed by atoms with van der Waals surface area (Å²) in [7, 11) is 0. The zero-order chi connectivity index (χ0) is 26.4. The Kier molecular flexibility index (Phi) is 7.94. The van der Waals surface area contributed by atoms with Crippen LogP contribution in [-0.2, 0) is 0 Å². The third-order valence-corrected chi connectivity index (χ3v) is 8.96. The van der Waals surface area contributed by atoms with E-state index in [1.807, 2.05) is 9.80 Å². The van der Waals surface area contributed by atoms with Crippen molar-refractivity contribution in [1.29, 1.82) is 0 Å². The Labute approximate surface area is 214 Å². The molecule has 35 heavy (non-hydrogen) atoms. The topological polar surface area (TPSA) is 59.1 Å². The summed E-state index contributed by atoms with van der Waals surface area (Å²) in [5.41, 5.74) is -0.00452. The lowest BCUT2D eigenvalue weighted by Gasteiger charge is -2.57. The molecule has 3 heterocycles. The van der Waals surface area contributed by atoms with Crippen LogP contribution in [0.15, 0.2) is 0 Å². The molecule has 0 bridgehead atoms. The number of piperidine rings is 2. The molecule has 0 saturated carbocycles. The summed E-state index contributed by atoms with van der Waals surface area (Å²) in [4.78, 5) is 35.8. The number of likely N-dealkylation sites (tertiary alicyclic amines) is 2. The Hall–Kier alpha value is -1.34. The second kappa shape index (κ2) is 9.85. The van der Waals surface area contributed by atoms with Gasteiger partial charge in [0, 0.05) is 47.3 Å². The maximum Gasteiger partial charge on any atom is 0.325 e. The van der Waals surface area contributed by atoms with Crippen LogP contribution in [0.4, 0.5) is 9.59 Å². The van der Waals surface area contributed by atoms with Crippen LogP contribution in [0.25, 0.3) is 0 Å². The van der Waals surface area contributed by atoms with E-state index in [1.165, 1.54) is 0 Å². The van der Waals surface area contributed by atoms with E-state index in [2.05, 4.69) is 84.4 Å². The summed E-state index contributed by atoms with van der Waals surface area (Å²) in [6, 6.07) is -0.194. The maximum atomic E-state index is 13.3. The van der Waals surface area contributed by atoms with Gasteiger partial charge < -0.3 is 9.80 Å². The van der Waals surface area contributed by atoms with Gasteiger partial charge in [-0.3, -0.25) is 15.1 Å². The molecule has 3 fully saturated rings. The molecule has 0 radical (unpaired) electrons. The Bertz CT molecular complexity index is 690. The molecular formula is C28H53N5O2. The van der Waals surface area contributed by atoms with E-state index in [-0.39, 0.29) is 46.3 Å². The molecule has 3 aliphatic heterocycles. The van der Waals surface area contributed by atoms with Gasteiger partial charge in [0.2, 0.25) is 0 Å². The van der Waals surface area contributed by atoms with E-state index in [1.54, 1.807) is 0 Å². The summed E-state index contributed by atoms with van der Waals surface area (Å²) in [6.45, 7) is 26.2. The molecule has 202 valence electrons. The Morgan fingerprint density at radius 3 is 1.17 bits per heavy atom. The number of urea groups is 2. The number of amides is 4. The number of imide groups is 1. The molecule has 0 aromatic carbocycles. The van der Waals surface area contributed by atoms with Gasteiger partial charge in [-0.25, -0.2) is 9.59 Å². The van der Waals surface area contributed by atoms with E-state index in [4.69, 9.17) is 0 Å². The minimum atomic E-state index is -0.222. The second-order valence-corrected chi connectivity index (χ2v) is 13.8. The third kappa shape index (κ3) is 5.66. The first kappa shape index (κ1) is 28.2. The molecule has 3 aliphatic rings. The summed E-state index contributed by atoms with van der Waals surface area (Å²) in [5.74, 6) is 0. The predicted molar refractivity (Wildman–Crippen MR) is 144 cm³/mol. The minimum absolute atomic E-state index is 0.00113. The first-order valence-corrected chi connectivity index (χ1v) is 14.0. The lowest BCUT2D eigenvalue weighted by atomic mass is 9.76. The van der Waals surface area contributed by atoms with Crippen LogP contribution in [0, 0.1) is 0 Å². The highest BCUT2D eigenvalue weighted by Crippen LogP contribution is 2.42. The van der Waals surface area contributed by atoms with Crippen LogP contribution in [-0.4, -0.2) is 92.1 Å². The Morgan fingerprint density at radius 1 is 0.629 bits per heavy atom. The van der Waals surface area contributed by atoms with Crippen molar-refractivity contribution in [3.05, 3.63) is 0 Å². The van der Waals surface area contributed by atoms with Crippen molar-refractivity contribution in [2.45, 2.75) is 142 Å². The van der Waals surface area contributed by atoms with Gasteiger partial charge in [0.1, 0.15) is 0 Å². The number of rotatable bonds is 6. The van der Waals surface area contributed by atoms with Gasteiger partial charge in [-0.2, -0.15) is 0 Å². The van der Waals surface area contributed by atoms with Gasteiger partial charge in [-0.15, -0.1) is 0 Å². The fourth-order valence-corrected chi connectivity index (χ4v) is 7.98. The molecular weight excluding hydrogens is 438 g/mol. The number of hydrogen-bond donors (Lipinski definition) is 1. The summed E-state index contributed by atoms with van der Waals surface area (Å²) < 4.78 is 0. The van der Waals surface area contributed by atoms with Gasteiger partial charge >= 0.3 is 12.1 Å². The van der Waals surface area contributed by atoms with Crippen LogP contribution >= 0.6 is 0 Å². The van der Waals surface area contributed by atoms with E-state index in [9.17, 15) is 9.59 Å². The molecule has 0 unspecified atom stereocenters. The minimum Gasteiger partial charge on any atom is -0.320 e. The van der Waals surface area contributed by atoms with Crippen LogP contribution in [0.1, 0.15) is 108 Å². The van der Waals surface area contributed by atoms with Crippen LogP contribution in [0.2, 0.25) is 0 Å². The lowest BCUT2D eigenvalue weighted by molar-refractivity contribution is -0.0626. The largest absolute Gasteiger partial charge is 0.325 e. The van der Waals surface area contributed by atoms with E-state index < -0.39 is 0 Å². The summed E-state index contributed by atoms with van der Waals surface area (Å²) in [5, 5.41) is 2.77. The van der Waals surface area contributed by atoms with Crippen molar-refractivity contribution in [2.75, 3.05) is 26.2 Å². The van der Waals surface area contributed by atoms with E-state index in [0.717, 1.165) is 51.6 Å². The first-order chi connectivity index (χ1) is 16.1. The van der Waals surface area contributed by atoms with Crippen LogP contribution < -0.4 is 5.32 Å². The van der Waals surface area contributed by atoms with Gasteiger partial charge in [0.05, 0.1) is 0 Å². The van der Waals surface area contributed by atoms with Crippen molar-refractivity contribution in [1.82, 2.24) is 24.9 Å². The second-order valence-electron chi connectivity index (χ2n) is 13.8. The average Bonchev–Trinajstić information content (AvgIpc) is 2.83. The van der Waals surface area contributed by atoms with Crippen molar-refractivity contribution in [3.63, 3.8) is 0 Å². The van der Waals surface area contributed by atoms with Crippen molar-refractivity contribution in [2.24, 2.45) is 0 Å². The fourth-order valence-electron chi connectivity index (χ4n) is 7.98. The Balaban J connectivity index is 1.78. The highest BCUT2D eigenvalue weighted by molar-refractivity contribution is 5.94. The molecule has 3 saturated heterocycles. The van der Waals surface area contributed by atoms with E-state index >= 15 is 0 Å². The van der Waals surface area contributed by atoms with Gasteiger partial charge in [0.25, 0.3) is 0 Å². The normalized spacial score (nSPS) is 28.2. The number of nitrogens with zero attached hydrogens (tertiary/aromatic N) is 4. The van der Waals surface area contributed by atoms with Crippen molar-refractivity contribution < 1.29 is 9.59 Å². The van der Waals surface area contributed by atoms with Crippen LogP contribution in [0.5, 0.6) is 0 Å². The molecule has 7 heteroatoms. The molecule has 0 atom stereocenters. The summed E-state index contributed by atoms with van der Waals surface area (Å²) >= 11 is 0. The molecule has 0 spiro atoms. The molecule has 0 aliphatic carbocycles. The van der Waals surface area contributed by atoms with Gasteiger partial charge in [-0.05, 0) is 107 Å². The highest BCUT2D eigenvalue weighted by Gasteiger charge is 2.50. The zero-order valence-electron chi connectivity index (χ0n) is 24.3. The highest BCUT2D eigenvalue weighted by atomic mass is 16.2. The third-order valence-electron chi connectivity index (χ3n) is 8.96. The molecule has 1 N–H and O–H groups in total. The number of nitrogens with one attached hydrogen (secondary N) is 1. The van der Waals surface area contributed by atoms with Crippen molar-refractivity contribution in [3.8, 4) is 0 Å². The van der Waals surface area contributed by atoms with Gasteiger partial charge in [0.15, 0.2) is 0 Å². The number of carbonyl (C=O) groups is 2. The SMILES string of the molecule is CCCN1C(C)(C)CC(N2CCN(C3CC(C)(C)N(CCC)C(C)(C)C3)C(=O)NC2=O)CC1(C)C. The smallest absolute Gasteiger partial charge is 0.320 e. The summed E-state index contributed by atoms with van der Waals surface area (Å²) in [6.07, 6.45) is 5.94. The maximum absolute atomic E-state index is 13.3. The molecule has 3 rings (SSSR count). The standard InChI is InChI=1S/C28H53N5O2/c1-11-13-32-25(3,4)17-21(18-26(32,5)6)30-15-16-31(24(35)29-23(30)34)22-19-27(7,8)33(14-12-2)28(9,10)20-22/h21-22H,11-20H2,1-10H3,(H,29,34,35). The monoisotopic (exact) mass is 491 g/mol. The average molecular weight is 492 g/mol. The van der Waals surface area contributed by atoms with Crippen molar-refractivity contribution >= 4 is 12.1 Å². The molecule has 7 nitrogen and oxygen atoms in total. The zero-order valence-corrected chi connectivity index (χ0v) is 24.3. The lowest BCUT2D eigenvalue weighted by Crippen LogP contribution is -2.65. The van der Waals surface area contributed by atoms with E-state index in [0.29, 0.717) is 13.1 Å². The molecule has 4 amide bonds. The quantitative estimate of drug-likeness (QED) is 0.548. The Morgan fingerprint density at radius 2 is 0.914 bits per heavy atom. The predicted octanol–water partition coefficient (Wildman–Crippen LogP) is 5.30.